The van der Waals surface area contributed by atoms with Crippen LogP contribution in [0.2, 0.25) is 5.15 Å². The van der Waals surface area contributed by atoms with Crippen LogP contribution in [0.4, 0.5) is 49.6 Å². The predicted molar refractivity (Wildman–Crippen MR) is 390 cm³/mol. The number of hydrogen-bond donors (Lipinski definition) is 5. The summed E-state index contributed by atoms with van der Waals surface area (Å²) in [6, 6.07) is 24.5. The highest BCUT2D eigenvalue weighted by atomic mass is 35.5. The van der Waals surface area contributed by atoms with Gasteiger partial charge in [-0.15, -0.1) is 0 Å². The van der Waals surface area contributed by atoms with Crippen molar-refractivity contribution in [2.45, 2.75) is 101 Å². The molecule has 0 spiro atoms. The summed E-state index contributed by atoms with van der Waals surface area (Å²) >= 11 is 5.92. The first kappa shape index (κ1) is 93.5. The SMILES string of the molecule is CC(C)(C)OC(=O)Cc1ccc(N)cc1.CC=C(C(=O)OCC)C(=O)OCC.CCOC(=O)C1C(=O)NC(c2c(F)cccc2F)=NC1C.CCOC(=O)c1c(C)nc(-c2c(F)cccc2F)[nH]c1=O.CCOC(=O)c1c(C)nc(-c2c(F)cccc2F)nc1Cl.N#Cc1c(F)cccc1F.N=C(N)c1c(F)cccc1F. The van der Waals surface area contributed by atoms with Crippen molar-refractivity contribution in [3.05, 3.63) is 245 Å². The summed E-state index contributed by atoms with van der Waals surface area (Å²) in [4.78, 5) is 111. The lowest BCUT2D eigenvalue weighted by atomic mass is 9.98. The molecule has 2 atom stereocenters. The number of esters is 6. The van der Waals surface area contributed by atoms with Crippen LogP contribution in [0.15, 0.2) is 137 Å². The van der Waals surface area contributed by atoms with Gasteiger partial charge in [0.15, 0.2) is 11.7 Å². The van der Waals surface area contributed by atoms with Crippen molar-refractivity contribution in [2.24, 2.45) is 16.6 Å². The van der Waals surface area contributed by atoms with Gasteiger partial charge in [0.2, 0.25) is 5.91 Å². The number of aryl methyl sites for hydroxylation is 2. The molecule has 596 valence electrons. The van der Waals surface area contributed by atoms with Crippen LogP contribution in [-0.2, 0) is 58.8 Å². The number of anilines is 1. The number of aromatic amines is 1. The summed E-state index contributed by atoms with van der Waals surface area (Å²) in [5.41, 5.74) is 8.47. The van der Waals surface area contributed by atoms with Crippen LogP contribution in [0, 0.1) is 94.7 Å². The molecule has 0 fully saturated rings. The number of ether oxygens (including phenoxy) is 6. The zero-order valence-electron chi connectivity index (χ0n) is 62.2. The highest BCUT2D eigenvalue weighted by Crippen LogP contribution is 2.28. The predicted octanol–water partition coefficient (Wildman–Crippen LogP) is 13.5. The summed E-state index contributed by atoms with van der Waals surface area (Å²) < 4.78 is 161. The molecule has 1 aliphatic heterocycles. The number of carbonyl (C=O) groups is 7. The summed E-state index contributed by atoms with van der Waals surface area (Å²) in [5, 5.41) is 17.0. The third kappa shape index (κ3) is 28.1. The molecule has 0 bridgehead atoms. The second-order valence-electron chi connectivity index (χ2n) is 23.2. The van der Waals surface area contributed by atoms with Gasteiger partial charge in [0.05, 0.1) is 79.1 Å². The average Bonchev–Trinajstić information content (AvgIpc) is 0.802. The molecule has 2 aromatic heterocycles. The van der Waals surface area contributed by atoms with Gasteiger partial charge >= 0.3 is 35.8 Å². The number of halogens is 11. The van der Waals surface area contributed by atoms with E-state index in [9.17, 15) is 82.3 Å². The number of rotatable bonds is 16. The van der Waals surface area contributed by atoms with E-state index in [1.165, 1.54) is 63.2 Å². The molecular weight excluding hydrogens is 1510 g/mol. The molecule has 112 heavy (non-hydrogen) atoms. The van der Waals surface area contributed by atoms with Gasteiger partial charge in [0.25, 0.3) is 5.56 Å². The Kier molecular flexibility index (Phi) is 37.9. The first-order valence-electron chi connectivity index (χ1n) is 33.3. The van der Waals surface area contributed by atoms with Crippen molar-refractivity contribution >= 4 is 70.7 Å². The molecule has 0 saturated carbocycles. The number of aliphatic imine (C=N–C) groups is 1. The number of H-pyrrole nitrogens is 1. The number of allylic oxidation sites excluding steroid dienone is 1. The second-order valence-corrected chi connectivity index (χ2v) is 23.6. The standard InChI is InChI=1S/C14H11ClF2N2O2.C14H14F2N2O3.C14H12F2N2O3.C12H17NO2.C9H14O4.C7H6F2N2.C7H3F2N/c1-3-21-14(20)10-7(2)18-13(19-12(10)15)11-8(16)5-4-6-9(11)17;2*1-3-21-14(20)10-7(2)17-12(18-13(10)19)11-8(15)5-4-6-9(11)16;1-12(2,3)15-11(14)8-9-4-6-10(13)7-5-9;1-4-7(8(10)12-5-2)9(11)13-6-3;8-4-2-1-3-5(9)6(4)7(10)11;8-6-2-1-3-7(9)5(6)4-10/h4-6H,3H2,1-2H3;4-7,10H,3H2,1-2H3,(H,17,18,19);4-6H,3H2,1-2H3,(H,17,18,19);4-7H,8,13H2,1-3H3;4H,5-6H2,1-3H3;1-3H,(H3,10,11);1-3H. The molecule has 6 aromatic carbocycles. The number of nitrogens with two attached hydrogens (primary N) is 2. The van der Waals surface area contributed by atoms with E-state index in [4.69, 9.17) is 52.7 Å². The number of nitrogens with one attached hydrogen (secondary N) is 3. The molecule has 1 aliphatic rings. The van der Waals surface area contributed by atoms with Crippen LogP contribution in [0.1, 0.15) is 124 Å². The minimum atomic E-state index is -1.12. The Balaban J connectivity index is 0.000000344. The largest absolute Gasteiger partial charge is 0.465 e. The second kappa shape index (κ2) is 45.3. The van der Waals surface area contributed by atoms with Crippen molar-refractivity contribution in [1.82, 2.24) is 25.3 Å². The number of aromatic nitrogens is 4. The Hall–Kier alpha value is -12.7. The Morgan fingerprint density at radius 2 is 0.991 bits per heavy atom. The molecule has 0 radical (unpaired) electrons. The lowest BCUT2D eigenvalue weighted by Gasteiger charge is -2.25. The van der Waals surface area contributed by atoms with Gasteiger partial charge in [0.1, 0.15) is 115 Å². The highest BCUT2D eigenvalue weighted by molar-refractivity contribution is 6.32. The van der Waals surface area contributed by atoms with Gasteiger partial charge in [-0.1, -0.05) is 60.1 Å². The Labute approximate surface area is 640 Å². The third-order valence-corrected chi connectivity index (χ3v) is 14.2. The zero-order chi connectivity index (χ0) is 84.4. The monoisotopic (exact) mass is 1590 g/mol. The van der Waals surface area contributed by atoms with E-state index in [-0.39, 0.29) is 96.1 Å². The van der Waals surface area contributed by atoms with Crippen molar-refractivity contribution in [2.75, 3.05) is 38.8 Å². The number of benzene rings is 6. The Morgan fingerprint density at radius 1 is 0.580 bits per heavy atom. The molecule has 35 heteroatoms. The van der Waals surface area contributed by atoms with Gasteiger partial charge in [-0.05, 0) is 161 Å². The van der Waals surface area contributed by atoms with Gasteiger partial charge in [0, 0.05) is 5.69 Å². The number of nitrogen functional groups attached to an aromatic ring is 2. The summed E-state index contributed by atoms with van der Waals surface area (Å²) in [6.07, 6.45) is 1.67. The van der Waals surface area contributed by atoms with E-state index in [2.05, 4.69) is 39.7 Å². The first-order valence-corrected chi connectivity index (χ1v) is 33.7. The maximum absolute atomic E-state index is 13.7. The smallest absolute Gasteiger partial charge is 0.345 e. The van der Waals surface area contributed by atoms with Crippen molar-refractivity contribution in [3.63, 3.8) is 0 Å². The van der Waals surface area contributed by atoms with Gasteiger partial charge in [-0.25, -0.2) is 78.0 Å². The van der Waals surface area contributed by atoms with Crippen molar-refractivity contribution in [1.29, 1.82) is 10.7 Å². The lowest BCUT2D eigenvalue weighted by molar-refractivity contribution is -0.154. The molecule has 7 N–H and O–H groups in total. The van der Waals surface area contributed by atoms with Gasteiger partial charge in [-0.2, -0.15) is 5.26 Å². The fourth-order valence-electron chi connectivity index (χ4n) is 9.06. The molecule has 0 aliphatic carbocycles. The average molecular weight is 1590 g/mol. The van der Waals surface area contributed by atoms with Crippen LogP contribution in [0.3, 0.4) is 0 Å². The van der Waals surface area contributed by atoms with E-state index in [1.807, 2.05) is 32.9 Å². The first-order chi connectivity index (χ1) is 52.8. The van der Waals surface area contributed by atoms with Crippen LogP contribution >= 0.6 is 11.6 Å². The number of amidine groups is 2. The normalized spacial score (nSPS) is 12.2. The fourth-order valence-corrected chi connectivity index (χ4v) is 9.35. The Bertz CT molecular complexity index is 4720. The maximum Gasteiger partial charge on any atom is 0.345 e. The number of hydrogen-bond acceptors (Lipinski definition) is 21. The lowest BCUT2D eigenvalue weighted by Crippen LogP contribution is -2.49. The molecule has 9 rings (SSSR count). The summed E-state index contributed by atoms with van der Waals surface area (Å²) in [6.45, 7) is 20.6. The van der Waals surface area contributed by atoms with Crippen LogP contribution in [-0.4, -0.2) is 118 Å². The molecule has 24 nitrogen and oxygen atoms in total. The number of nitriles is 1. The molecule has 2 unspecified atom stereocenters. The molecule has 1 amide bonds. The zero-order valence-corrected chi connectivity index (χ0v) is 63.0. The Morgan fingerprint density at radius 3 is 1.37 bits per heavy atom. The summed E-state index contributed by atoms with van der Waals surface area (Å²) in [7, 11) is 0. The fraction of sp³-hybridized carbons (Fsp3) is 0.273. The van der Waals surface area contributed by atoms with Crippen LogP contribution in [0.5, 0.6) is 0 Å². The summed E-state index contributed by atoms with van der Waals surface area (Å²) in [5.74, 6) is -15.1. The van der Waals surface area contributed by atoms with Crippen molar-refractivity contribution in [3.8, 4) is 28.8 Å². The minimum absolute atomic E-state index is 0.0148. The van der Waals surface area contributed by atoms with Crippen LogP contribution in [0.25, 0.3) is 22.8 Å². The number of carbonyl (C=O) groups excluding carboxylic acids is 7. The van der Waals surface area contributed by atoms with Gasteiger partial charge < -0.3 is 50.2 Å². The minimum Gasteiger partial charge on any atom is -0.465 e. The third-order valence-electron chi connectivity index (χ3n) is 13.9. The van der Waals surface area contributed by atoms with E-state index < -0.39 is 151 Å². The quantitative estimate of drug-likeness (QED) is 0.00573. The van der Waals surface area contributed by atoms with Crippen LogP contribution < -0.4 is 22.3 Å². The van der Waals surface area contributed by atoms with E-state index in [0.29, 0.717) is 5.69 Å². The van der Waals surface area contributed by atoms with E-state index in [1.54, 1.807) is 53.7 Å². The molecule has 3 heterocycles. The molecule has 0 saturated heterocycles. The molecule has 8 aromatic rings. The van der Waals surface area contributed by atoms with E-state index >= 15 is 0 Å². The van der Waals surface area contributed by atoms with Gasteiger partial charge in [-0.3, -0.25) is 29.6 Å². The van der Waals surface area contributed by atoms with Crippen molar-refractivity contribution < 1.29 is 106 Å². The topological polar surface area (TPSA) is 370 Å². The number of amides is 1. The maximum atomic E-state index is 13.7. The van der Waals surface area contributed by atoms with E-state index in [0.717, 1.165) is 66.2 Å². The number of nitrogens with zero attached hydrogens (tertiary/aromatic N) is 5. The highest BCUT2D eigenvalue weighted by Gasteiger charge is 2.39. The molecular formula is C77H77ClF10N10O14.